The van der Waals surface area contributed by atoms with Crippen molar-refractivity contribution in [3.63, 3.8) is 0 Å². The van der Waals surface area contributed by atoms with Gasteiger partial charge in [-0.3, -0.25) is 9.69 Å². The van der Waals surface area contributed by atoms with Crippen molar-refractivity contribution >= 4 is 11.7 Å². The number of rotatable bonds is 2. The molecule has 5 heterocycles. The van der Waals surface area contributed by atoms with E-state index < -0.39 is 0 Å². The largest absolute Gasteiger partial charge is 0.384 e. The maximum absolute atomic E-state index is 13.3. The van der Waals surface area contributed by atoms with E-state index >= 15 is 0 Å². The summed E-state index contributed by atoms with van der Waals surface area (Å²) >= 11 is 0. The first-order chi connectivity index (χ1) is 13.1. The van der Waals surface area contributed by atoms with E-state index in [0.29, 0.717) is 35.3 Å². The van der Waals surface area contributed by atoms with Crippen molar-refractivity contribution in [1.82, 2.24) is 14.8 Å². The van der Waals surface area contributed by atoms with E-state index in [4.69, 9.17) is 5.73 Å². The van der Waals surface area contributed by atoms with Crippen LogP contribution in [0.2, 0.25) is 0 Å². The summed E-state index contributed by atoms with van der Waals surface area (Å²) in [6, 6.07) is 13.1. The standard InChI is InChI=1S/C22H26N4O/c1-14-2-4-15(5-3-14)18-13-26(22(27)17-6-7-19(23)24-12-17)20-16-8-10-25(11-9-16)21(18)20/h2-7,12,16,18,20-21H,8-11,13H2,1H3,(H2,23,24). The fraction of sp³-hybridized carbons (Fsp3) is 0.455. The first-order valence-corrected chi connectivity index (χ1v) is 9.95. The molecule has 4 aliphatic heterocycles. The Bertz CT molecular complexity index is 840. The predicted molar refractivity (Wildman–Crippen MR) is 105 cm³/mol. The van der Waals surface area contributed by atoms with E-state index in [9.17, 15) is 4.79 Å². The zero-order valence-corrected chi connectivity index (χ0v) is 15.7. The number of aryl methyl sites for hydroxylation is 1. The van der Waals surface area contributed by atoms with Crippen molar-refractivity contribution in [2.45, 2.75) is 37.8 Å². The molecule has 0 radical (unpaired) electrons. The van der Waals surface area contributed by atoms with Gasteiger partial charge in [0.1, 0.15) is 5.82 Å². The van der Waals surface area contributed by atoms with Crippen LogP contribution in [0.3, 0.4) is 0 Å². The molecule has 0 spiro atoms. The van der Waals surface area contributed by atoms with Crippen molar-refractivity contribution in [3.05, 3.63) is 59.3 Å². The van der Waals surface area contributed by atoms with E-state index in [1.807, 2.05) is 0 Å². The molecule has 1 aromatic carbocycles. The third-order valence-corrected chi connectivity index (χ3v) is 6.79. The van der Waals surface area contributed by atoms with Crippen LogP contribution in [0.15, 0.2) is 42.6 Å². The number of fused-ring (bicyclic) bond motifs is 2. The Hall–Kier alpha value is -2.40. The fourth-order valence-corrected chi connectivity index (χ4v) is 5.46. The summed E-state index contributed by atoms with van der Waals surface area (Å²) in [5, 5.41) is 0. The zero-order valence-electron chi connectivity index (χ0n) is 15.7. The summed E-state index contributed by atoms with van der Waals surface area (Å²) in [4.78, 5) is 22.2. The van der Waals surface area contributed by atoms with E-state index in [1.165, 1.54) is 37.1 Å². The summed E-state index contributed by atoms with van der Waals surface area (Å²) in [6.45, 7) is 5.24. The lowest BCUT2D eigenvalue weighted by Crippen LogP contribution is -2.60. The average Bonchev–Trinajstić information content (AvgIpc) is 3.12. The average molecular weight is 362 g/mol. The highest BCUT2D eigenvalue weighted by Gasteiger charge is 2.54. The molecule has 140 valence electrons. The van der Waals surface area contributed by atoms with Gasteiger partial charge in [-0.15, -0.1) is 0 Å². The van der Waals surface area contributed by atoms with Crippen molar-refractivity contribution in [1.29, 1.82) is 0 Å². The SMILES string of the molecule is Cc1ccc(C2CN(C(=O)c3ccc(N)nc3)C3C4CCN(CC4)C23)cc1. The summed E-state index contributed by atoms with van der Waals surface area (Å²) < 4.78 is 0. The lowest BCUT2D eigenvalue weighted by Gasteiger charge is -2.51. The number of likely N-dealkylation sites (tertiary alicyclic amines) is 1. The Morgan fingerprint density at radius 2 is 1.81 bits per heavy atom. The Kier molecular flexibility index (Phi) is 3.93. The van der Waals surface area contributed by atoms with E-state index in [0.717, 1.165) is 6.54 Å². The Morgan fingerprint density at radius 1 is 1.07 bits per heavy atom. The number of hydrogen-bond donors (Lipinski definition) is 1. The second-order valence-corrected chi connectivity index (χ2v) is 8.30. The highest BCUT2D eigenvalue weighted by atomic mass is 16.2. The third kappa shape index (κ3) is 2.72. The van der Waals surface area contributed by atoms with Gasteiger partial charge in [0, 0.05) is 24.7 Å². The number of nitrogens with zero attached hydrogens (tertiary/aromatic N) is 3. The van der Waals surface area contributed by atoms with Gasteiger partial charge in [-0.25, -0.2) is 4.98 Å². The lowest BCUT2D eigenvalue weighted by atomic mass is 9.75. The summed E-state index contributed by atoms with van der Waals surface area (Å²) in [5.74, 6) is 1.54. The van der Waals surface area contributed by atoms with Crippen molar-refractivity contribution in [2.75, 3.05) is 25.4 Å². The third-order valence-electron chi connectivity index (χ3n) is 6.79. The number of anilines is 1. The fourth-order valence-electron chi connectivity index (χ4n) is 5.46. The first kappa shape index (κ1) is 16.8. The van der Waals surface area contributed by atoms with Gasteiger partial charge in [-0.2, -0.15) is 0 Å². The van der Waals surface area contributed by atoms with Crippen molar-refractivity contribution < 1.29 is 4.79 Å². The van der Waals surface area contributed by atoms with Gasteiger partial charge >= 0.3 is 0 Å². The number of hydrogen-bond acceptors (Lipinski definition) is 4. The van der Waals surface area contributed by atoms with Crippen LogP contribution in [0.1, 0.15) is 40.2 Å². The molecule has 3 atom stereocenters. The molecular weight excluding hydrogens is 336 g/mol. The number of nitrogens with two attached hydrogens (primary N) is 1. The van der Waals surface area contributed by atoms with E-state index in [2.05, 4.69) is 46.0 Å². The normalized spacial score (nSPS) is 31.7. The molecule has 5 heteroatoms. The maximum atomic E-state index is 13.3. The lowest BCUT2D eigenvalue weighted by molar-refractivity contribution is -0.00341. The van der Waals surface area contributed by atoms with Crippen LogP contribution < -0.4 is 5.73 Å². The van der Waals surface area contributed by atoms with Gasteiger partial charge in [0.25, 0.3) is 5.91 Å². The number of nitrogen functional groups attached to an aromatic ring is 1. The minimum atomic E-state index is 0.0980. The van der Waals surface area contributed by atoms with Gasteiger partial charge in [0.2, 0.25) is 0 Å². The molecular formula is C22H26N4O. The Labute approximate surface area is 160 Å². The molecule has 1 aromatic heterocycles. The van der Waals surface area contributed by atoms with Gasteiger partial charge in [-0.05, 0) is 56.5 Å². The van der Waals surface area contributed by atoms with Gasteiger partial charge < -0.3 is 10.6 Å². The summed E-state index contributed by atoms with van der Waals surface area (Å²) in [7, 11) is 0. The molecule has 2 bridgehead atoms. The van der Waals surface area contributed by atoms with Crippen LogP contribution in [0.25, 0.3) is 0 Å². The Morgan fingerprint density at radius 3 is 2.48 bits per heavy atom. The number of benzene rings is 1. The van der Waals surface area contributed by atoms with Crippen LogP contribution in [-0.4, -0.2) is 52.4 Å². The highest BCUT2D eigenvalue weighted by molar-refractivity contribution is 5.94. The summed E-state index contributed by atoms with van der Waals surface area (Å²) in [5.41, 5.74) is 8.98. The second kappa shape index (κ2) is 6.34. The van der Waals surface area contributed by atoms with E-state index in [1.54, 1.807) is 18.3 Å². The highest BCUT2D eigenvalue weighted by Crippen LogP contribution is 2.46. The monoisotopic (exact) mass is 362 g/mol. The molecule has 4 aliphatic rings. The number of pyridine rings is 1. The second-order valence-electron chi connectivity index (χ2n) is 8.30. The van der Waals surface area contributed by atoms with Crippen LogP contribution in [0.5, 0.6) is 0 Å². The quantitative estimate of drug-likeness (QED) is 0.892. The molecule has 4 saturated heterocycles. The van der Waals surface area contributed by atoms with Crippen LogP contribution in [-0.2, 0) is 0 Å². The first-order valence-electron chi connectivity index (χ1n) is 9.95. The maximum Gasteiger partial charge on any atom is 0.255 e. The molecule has 2 aromatic rings. The van der Waals surface area contributed by atoms with Crippen LogP contribution in [0, 0.1) is 12.8 Å². The Balaban J connectivity index is 1.51. The molecule has 2 N–H and O–H groups in total. The number of carbonyl (C=O) groups is 1. The molecule has 6 rings (SSSR count). The molecule has 0 aliphatic carbocycles. The smallest absolute Gasteiger partial charge is 0.255 e. The van der Waals surface area contributed by atoms with Crippen molar-refractivity contribution in [2.24, 2.45) is 5.92 Å². The minimum absolute atomic E-state index is 0.0980. The minimum Gasteiger partial charge on any atom is -0.384 e. The number of aromatic nitrogens is 1. The van der Waals surface area contributed by atoms with Gasteiger partial charge in [-0.1, -0.05) is 29.8 Å². The van der Waals surface area contributed by atoms with Crippen molar-refractivity contribution in [3.8, 4) is 0 Å². The molecule has 5 nitrogen and oxygen atoms in total. The molecule has 3 unspecified atom stereocenters. The molecule has 1 amide bonds. The number of carbonyl (C=O) groups excluding carboxylic acids is 1. The predicted octanol–water partition coefficient (Wildman–Crippen LogP) is 2.67. The number of amides is 1. The molecule has 27 heavy (non-hydrogen) atoms. The topological polar surface area (TPSA) is 62.5 Å². The van der Waals surface area contributed by atoms with Crippen LogP contribution in [0.4, 0.5) is 5.82 Å². The van der Waals surface area contributed by atoms with Gasteiger partial charge in [0.15, 0.2) is 0 Å². The summed E-state index contributed by atoms with van der Waals surface area (Å²) in [6.07, 6.45) is 4.02. The zero-order chi connectivity index (χ0) is 18.5. The molecule has 4 fully saturated rings. The van der Waals surface area contributed by atoms with E-state index in [-0.39, 0.29) is 5.91 Å². The molecule has 0 saturated carbocycles. The van der Waals surface area contributed by atoms with Gasteiger partial charge in [0.05, 0.1) is 11.6 Å². The number of piperidine rings is 3. The van der Waals surface area contributed by atoms with Crippen LogP contribution >= 0.6 is 0 Å².